The van der Waals surface area contributed by atoms with E-state index in [1.165, 1.54) is 0 Å². The maximum absolute atomic E-state index is 12.5. The molecule has 2 aromatic rings. The fourth-order valence-corrected chi connectivity index (χ4v) is 3.86. The van der Waals surface area contributed by atoms with Gasteiger partial charge in [-0.25, -0.2) is 8.42 Å². The van der Waals surface area contributed by atoms with Crippen molar-refractivity contribution in [2.45, 2.75) is 25.2 Å². The zero-order valence-electron chi connectivity index (χ0n) is 14.5. The topological polar surface area (TPSA) is 90.1 Å². The third-order valence-electron chi connectivity index (χ3n) is 3.58. The van der Waals surface area contributed by atoms with Crippen molar-refractivity contribution in [1.82, 2.24) is 15.1 Å². The van der Waals surface area contributed by atoms with Crippen LogP contribution in [0.25, 0.3) is 0 Å². The van der Waals surface area contributed by atoms with Crippen LogP contribution in [0, 0.1) is 13.8 Å². The van der Waals surface area contributed by atoms with E-state index < -0.39 is 10.0 Å². The van der Waals surface area contributed by atoms with Gasteiger partial charge in [0.25, 0.3) is 10.0 Å². The van der Waals surface area contributed by atoms with E-state index in [1.807, 2.05) is 26.2 Å². The minimum atomic E-state index is -3.64. The van der Waals surface area contributed by atoms with Gasteiger partial charge in [0, 0.05) is 17.9 Å². The van der Waals surface area contributed by atoms with E-state index in [-0.39, 0.29) is 4.90 Å². The lowest BCUT2D eigenvalue weighted by Gasteiger charge is -2.12. The quantitative estimate of drug-likeness (QED) is 0.634. The zero-order valence-corrected chi connectivity index (χ0v) is 15.4. The van der Waals surface area contributed by atoms with Gasteiger partial charge in [0.05, 0.1) is 11.4 Å². The van der Waals surface area contributed by atoms with E-state index in [0.29, 0.717) is 17.1 Å². The summed E-state index contributed by atoms with van der Waals surface area (Å²) >= 11 is 0. The van der Waals surface area contributed by atoms with Crippen LogP contribution in [0.15, 0.2) is 29.2 Å². The van der Waals surface area contributed by atoms with Crippen molar-refractivity contribution in [1.29, 1.82) is 0 Å². The highest BCUT2D eigenvalue weighted by Gasteiger charge is 2.22. The number of benzene rings is 1. The molecule has 0 spiro atoms. The average molecular weight is 351 g/mol. The lowest BCUT2D eigenvalue weighted by molar-refractivity contribution is 0.405. The lowest BCUT2D eigenvalue weighted by Crippen LogP contribution is -2.16. The smallest absolute Gasteiger partial charge is 0.265 e. The number of aryl methyl sites for hydroxylation is 2. The molecule has 0 unspecified atom stereocenters. The van der Waals surface area contributed by atoms with Gasteiger partial charge in [-0.05, 0) is 65.2 Å². The lowest BCUT2D eigenvalue weighted by atomic mass is 10.3. The average Bonchev–Trinajstić information content (AvgIpc) is 2.84. The molecule has 0 aliphatic rings. The normalized spacial score (nSPS) is 11.7. The van der Waals surface area contributed by atoms with Crippen LogP contribution in [-0.4, -0.2) is 50.7 Å². The van der Waals surface area contributed by atoms with Gasteiger partial charge in [-0.3, -0.25) is 9.82 Å². The first-order chi connectivity index (χ1) is 11.3. The van der Waals surface area contributed by atoms with Crippen LogP contribution in [0.3, 0.4) is 0 Å². The van der Waals surface area contributed by atoms with E-state index in [4.69, 9.17) is 0 Å². The second-order valence-electron chi connectivity index (χ2n) is 6.03. The second-order valence-corrected chi connectivity index (χ2v) is 7.65. The molecular weight excluding hydrogens is 326 g/mol. The summed E-state index contributed by atoms with van der Waals surface area (Å²) in [5.41, 5.74) is 2.47. The Bertz CT molecular complexity index is 747. The van der Waals surface area contributed by atoms with Crippen LogP contribution in [-0.2, 0) is 10.0 Å². The number of sulfonamides is 1. The van der Waals surface area contributed by atoms with Gasteiger partial charge in [-0.2, -0.15) is 5.10 Å². The van der Waals surface area contributed by atoms with Crippen molar-refractivity contribution >= 4 is 21.4 Å². The highest BCUT2D eigenvalue weighted by molar-refractivity contribution is 7.92. The summed E-state index contributed by atoms with van der Waals surface area (Å²) in [6, 6.07) is 7.22. The van der Waals surface area contributed by atoms with E-state index >= 15 is 0 Å². The molecule has 24 heavy (non-hydrogen) atoms. The van der Waals surface area contributed by atoms with Gasteiger partial charge in [-0.15, -0.1) is 0 Å². The Kier molecular flexibility index (Phi) is 5.84. The third kappa shape index (κ3) is 4.72. The van der Waals surface area contributed by atoms with E-state index in [2.05, 4.69) is 25.1 Å². The molecule has 8 heteroatoms. The molecule has 0 aliphatic heterocycles. The predicted molar refractivity (Wildman–Crippen MR) is 97.0 cm³/mol. The van der Waals surface area contributed by atoms with E-state index in [0.717, 1.165) is 25.2 Å². The Hall–Kier alpha value is -2.06. The summed E-state index contributed by atoms with van der Waals surface area (Å²) in [7, 11) is 0.448. The number of nitrogens with zero attached hydrogens (tertiary/aromatic N) is 2. The molecule has 0 saturated heterocycles. The van der Waals surface area contributed by atoms with Gasteiger partial charge in [0.15, 0.2) is 0 Å². The zero-order chi connectivity index (χ0) is 17.7. The Morgan fingerprint density at radius 1 is 1.12 bits per heavy atom. The summed E-state index contributed by atoms with van der Waals surface area (Å²) < 4.78 is 27.5. The number of rotatable bonds is 8. The van der Waals surface area contributed by atoms with E-state index in [9.17, 15) is 8.42 Å². The summed E-state index contributed by atoms with van der Waals surface area (Å²) in [4.78, 5) is 2.34. The number of hydrogen-bond acceptors (Lipinski definition) is 5. The van der Waals surface area contributed by atoms with Gasteiger partial charge < -0.3 is 10.2 Å². The molecule has 0 amide bonds. The molecule has 1 heterocycles. The van der Waals surface area contributed by atoms with Gasteiger partial charge in [0.2, 0.25) is 0 Å². The Morgan fingerprint density at radius 2 is 1.75 bits per heavy atom. The second kappa shape index (κ2) is 7.67. The summed E-state index contributed by atoms with van der Waals surface area (Å²) in [5.74, 6) is 0. The molecule has 2 rings (SSSR count). The van der Waals surface area contributed by atoms with Gasteiger partial charge >= 0.3 is 0 Å². The Morgan fingerprint density at radius 3 is 2.29 bits per heavy atom. The standard InChI is InChI=1S/C16H25N5O2S/c1-12-16(13(2)19-18-12)24(22,23)20-15-8-6-14(7-9-15)17-10-5-11-21(3)4/h6-9,17,20H,5,10-11H2,1-4H3,(H,18,19). The first-order valence-corrected chi connectivity index (χ1v) is 9.31. The number of H-pyrrole nitrogens is 1. The molecule has 7 nitrogen and oxygen atoms in total. The molecule has 1 aromatic carbocycles. The van der Waals surface area contributed by atoms with Gasteiger partial charge in [0.1, 0.15) is 4.90 Å². The van der Waals surface area contributed by atoms with Crippen molar-refractivity contribution in [2.24, 2.45) is 0 Å². The van der Waals surface area contributed by atoms with Crippen molar-refractivity contribution < 1.29 is 8.42 Å². The molecule has 3 N–H and O–H groups in total. The summed E-state index contributed by atoms with van der Waals surface area (Å²) in [5, 5.41) is 9.94. The largest absolute Gasteiger partial charge is 0.385 e. The Balaban J connectivity index is 1.99. The SMILES string of the molecule is Cc1n[nH]c(C)c1S(=O)(=O)Nc1ccc(NCCCN(C)C)cc1. The molecule has 132 valence electrons. The number of anilines is 2. The molecule has 1 aromatic heterocycles. The molecule has 0 saturated carbocycles. The number of hydrogen-bond donors (Lipinski definition) is 3. The minimum Gasteiger partial charge on any atom is -0.385 e. The first kappa shape index (κ1) is 18.3. The summed E-state index contributed by atoms with van der Waals surface area (Å²) in [6.45, 7) is 5.25. The molecule has 0 bridgehead atoms. The van der Waals surface area contributed by atoms with Crippen LogP contribution in [0.4, 0.5) is 11.4 Å². The maximum atomic E-state index is 12.5. The minimum absolute atomic E-state index is 0.202. The Labute approximate surface area is 143 Å². The monoisotopic (exact) mass is 351 g/mol. The van der Waals surface area contributed by atoms with Crippen LogP contribution >= 0.6 is 0 Å². The predicted octanol–water partition coefficient (Wildman–Crippen LogP) is 2.19. The van der Waals surface area contributed by atoms with Crippen molar-refractivity contribution in [3.8, 4) is 0 Å². The van der Waals surface area contributed by atoms with Crippen molar-refractivity contribution in [3.05, 3.63) is 35.7 Å². The number of nitrogens with one attached hydrogen (secondary N) is 3. The third-order valence-corrected chi connectivity index (χ3v) is 5.22. The highest BCUT2D eigenvalue weighted by Crippen LogP contribution is 2.21. The van der Waals surface area contributed by atoms with E-state index in [1.54, 1.807) is 26.0 Å². The summed E-state index contributed by atoms with van der Waals surface area (Å²) in [6.07, 6.45) is 1.04. The number of aromatic nitrogens is 2. The van der Waals surface area contributed by atoms with Gasteiger partial charge in [-0.1, -0.05) is 0 Å². The highest BCUT2D eigenvalue weighted by atomic mass is 32.2. The molecule has 0 aliphatic carbocycles. The van der Waals surface area contributed by atoms with Crippen molar-refractivity contribution in [2.75, 3.05) is 37.2 Å². The fourth-order valence-electron chi connectivity index (χ4n) is 2.43. The van der Waals surface area contributed by atoms with Crippen LogP contribution < -0.4 is 10.0 Å². The molecule has 0 atom stereocenters. The van der Waals surface area contributed by atoms with Crippen LogP contribution in [0.1, 0.15) is 17.8 Å². The first-order valence-electron chi connectivity index (χ1n) is 7.82. The fraction of sp³-hybridized carbons (Fsp3) is 0.438. The molecule has 0 radical (unpaired) electrons. The molecular formula is C16H25N5O2S. The molecule has 0 fully saturated rings. The van der Waals surface area contributed by atoms with Crippen LogP contribution in [0.5, 0.6) is 0 Å². The maximum Gasteiger partial charge on any atom is 0.265 e. The number of aromatic amines is 1. The van der Waals surface area contributed by atoms with Crippen molar-refractivity contribution in [3.63, 3.8) is 0 Å². The van der Waals surface area contributed by atoms with Crippen LogP contribution in [0.2, 0.25) is 0 Å².